The molecule has 0 aromatic heterocycles. The van der Waals surface area contributed by atoms with E-state index in [0.29, 0.717) is 0 Å². The predicted molar refractivity (Wildman–Crippen MR) is 91.3 cm³/mol. The van der Waals surface area contributed by atoms with Gasteiger partial charge in [0.2, 0.25) is 5.54 Å². The largest absolute Gasteiger partial charge is 0.303 e. The number of aldehydes is 1. The minimum absolute atomic E-state index is 0.428. The molecule has 0 amide bonds. The summed E-state index contributed by atoms with van der Waals surface area (Å²) in [6.45, 7) is 0. The summed E-state index contributed by atoms with van der Waals surface area (Å²) < 4.78 is 0. The number of hydrogen-bond acceptors (Lipinski definition) is 5. The summed E-state index contributed by atoms with van der Waals surface area (Å²) in [5.74, 6) is -1.12. The maximum absolute atomic E-state index is 12.1. The van der Waals surface area contributed by atoms with E-state index in [9.17, 15) is 15.3 Å². The Morgan fingerprint density at radius 2 is 1.72 bits per heavy atom. The van der Waals surface area contributed by atoms with Crippen LogP contribution in [0.4, 0.5) is 0 Å². The van der Waals surface area contributed by atoms with E-state index in [2.05, 4.69) is 17.2 Å². The Morgan fingerprint density at radius 3 is 2.40 bits per heavy atom. The molecule has 2 aromatic carbocycles. The topological polar surface area (TPSA) is 80.2 Å². The predicted octanol–water partition coefficient (Wildman–Crippen LogP) is 2.78. The molecular formula is C20H14N4O. The Hall–Kier alpha value is -3.44. The second-order valence-electron chi connectivity index (χ2n) is 6.25. The maximum atomic E-state index is 12.1. The molecule has 1 fully saturated rings. The zero-order valence-corrected chi connectivity index (χ0v) is 13.3. The number of rotatable bonds is 2. The second-order valence-corrected chi connectivity index (χ2v) is 6.25. The highest BCUT2D eigenvalue weighted by Crippen LogP contribution is 2.55. The number of hydrazone groups is 1. The van der Waals surface area contributed by atoms with Gasteiger partial charge in [0, 0.05) is 5.92 Å². The van der Waals surface area contributed by atoms with Crippen LogP contribution in [-0.4, -0.2) is 23.0 Å². The van der Waals surface area contributed by atoms with Crippen LogP contribution in [0, 0.1) is 28.6 Å². The van der Waals surface area contributed by atoms with Crippen LogP contribution in [0.5, 0.6) is 0 Å². The quantitative estimate of drug-likeness (QED) is 0.795. The van der Waals surface area contributed by atoms with Gasteiger partial charge in [-0.15, -0.1) is 0 Å². The molecule has 0 aliphatic carbocycles. The Balaban J connectivity index is 1.98. The van der Waals surface area contributed by atoms with E-state index >= 15 is 0 Å². The van der Waals surface area contributed by atoms with Crippen molar-refractivity contribution < 1.29 is 4.79 Å². The van der Waals surface area contributed by atoms with E-state index in [1.165, 1.54) is 5.01 Å². The first kappa shape index (κ1) is 15.1. The lowest BCUT2D eigenvalue weighted by molar-refractivity contribution is -0.112. The van der Waals surface area contributed by atoms with Crippen LogP contribution < -0.4 is 0 Å². The monoisotopic (exact) mass is 326 g/mol. The first-order valence-electron chi connectivity index (χ1n) is 8.02. The summed E-state index contributed by atoms with van der Waals surface area (Å²) in [4.78, 5) is 12.1. The molecule has 0 spiro atoms. The van der Waals surface area contributed by atoms with E-state index in [-0.39, 0.29) is 0 Å². The first-order chi connectivity index (χ1) is 12.3. The van der Waals surface area contributed by atoms with Crippen molar-refractivity contribution >= 4 is 12.5 Å². The Bertz CT molecular complexity index is 924. The molecule has 0 N–H and O–H groups in total. The third-order valence-electron chi connectivity index (χ3n) is 5.12. The van der Waals surface area contributed by atoms with Gasteiger partial charge in [0.25, 0.3) is 0 Å². The van der Waals surface area contributed by atoms with Crippen LogP contribution >= 0.6 is 0 Å². The van der Waals surface area contributed by atoms with Crippen molar-refractivity contribution in [3.63, 3.8) is 0 Å². The van der Waals surface area contributed by atoms with Gasteiger partial charge in [-0.1, -0.05) is 54.6 Å². The number of nitriles is 2. The lowest BCUT2D eigenvalue weighted by atomic mass is 9.75. The van der Waals surface area contributed by atoms with Gasteiger partial charge in [-0.2, -0.15) is 15.6 Å². The van der Waals surface area contributed by atoms with Crippen molar-refractivity contribution in [2.24, 2.45) is 11.0 Å². The molecule has 1 saturated heterocycles. The smallest absolute Gasteiger partial charge is 0.237 e. The summed E-state index contributed by atoms with van der Waals surface area (Å²) in [6.07, 6.45) is 2.52. The number of carbonyl (C=O) groups excluding carboxylic acids is 1. The fourth-order valence-corrected chi connectivity index (χ4v) is 4.05. The zero-order valence-electron chi connectivity index (χ0n) is 13.3. The summed E-state index contributed by atoms with van der Waals surface area (Å²) in [5, 5.41) is 25.8. The SMILES string of the molecule is N#CC1(C#N)[C@H](c2ccccc2)[C@@H](C=O)[C@@H]2c3ccccc3C=NN21. The number of hydrogen-bond donors (Lipinski definition) is 0. The molecule has 0 saturated carbocycles. The van der Waals surface area contributed by atoms with Crippen LogP contribution in [-0.2, 0) is 4.79 Å². The van der Waals surface area contributed by atoms with E-state index in [1.807, 2.05) is 54.6 Å². The molecule has 2 aromatic rings. The second kappa shape index (κ2) is 5.58. The van der Waals surface area contributed by atoms with Gasteiger partial charge in [-0.05, 0) is 16.7 Å². The molecule has 5 heteroatoms. The van der Waals surface area contributed by atoms with Crippen LogP contribution in [0.1, 0.15) is 28.7 Å². The number of nitrogens with zero attached hydrogens (tertiary/aromatic N) is 4. The van der Waals surface area contributed by atoms with Gasteiger partial charge in [-0.25, -0.2) is 0 Å². The molecule has 0 bridgehead atoms. The Labute approximate surface area is 145 Å². The van der Waals surface area contributed by atoms with Crippen LogP contribution in [0.15, 0.2) is 59.7 Å². The van der Waals surface area contributed by atoms with Gasteiger partial charge in [0.15, 0.2) is 0 Å². The Morgan fingerprint density at radius 1 is 1.04 bits per heavy atom. The van der Waals surface area contributed by atoms with Gasteiger partial charge < -0.3 is 4.79 Å². The van der Waals surface area contributed by atoms with Crippen molar-refractivity contribution in [1.82, 2.24) is 5.01 Å². The van der Waals surface area contributed by atoms with Crippen LogP contribution in [0.3, 0.4) is 0 Å². The standard InChI is InChI=1S/C20H14N4O/c21-12-20(13-22)18(14-6-2-1-3-7-14)17(11-25)19-16-9-5-4-8-15(16)10-23-24(19)20/h1-11,17-19H/t17-,18-,19+/m1/s1. The molecule has 0 unspecified atom stereocenters. The molecule has 25 heavy (non-hydrogen) atoms. The molecule has 2 aliphatic rings. The highest BCUT2D eigenvalue weighted by molar-refractivity contribution is 5.84. The molecule has 2 aliphatic heterocycles. The molecular weight excluding hydrogens is 312 g/mol. The minimum Gasteiger partial charge on any atom is -0.303 e. The van der Waals surface area contributed by atoms with Crippen molar-refractivity contribution in [2.75, 3.05) is 0 Å². The van der Waals surface area contributed by atoms with E-state index in [4.69, 9.17) is 0 Å². The van der Waals surface area contributed by atoms with Crippen molar-refractivity contribution in [1.29, 1.82) is 10.5 Å². The molecule has 3 atom stereocenters. The fraction of sp³-hybridized carbons (Fsp3) is 0.200. The van der Waals surface area contributed by atoms with E-state index < -0.39 is 23.4 Å². The third-order valence-corrected chi connectivity index (χ3v) is 5.12. The van der Waals surface area contributed by atoms with Crippen molar-refractivity contribution in [3.8, 4) is 12.1 Å². The number of fused-ring (bicyclic) bond motifs is 3. The number of benzene rings is 2. The molecule has 0 radical (unpaired) electrons. The normalized spacial score (nSPS) is 25.4. The molecule has 5 nitrogen and oxygen atoms in total. The average Bonchev–Trinajstić information content (AvgIpc) is 2.99. The summed E-state index contributed by atoms with van der Waals surface area (Å²) in [6, 6.07) is 20.9. The molecule has 2 heterocycles. The molecule has 4 rings (SSSR count). The van der Waals surface area contributed by atoms with Gasteiger partial charge in [0.05, 0.1) is 18.2 Å². The third kappa shape index (κ3) is 1.93. The average molecular weight is 326 g/mol. The lowest BCUT2D eigenvalue weighted by Crippen LogP contribution is -2.43. The van der Waals surface area contributed by atoms with Crippen molar-refractivity contribution in [2.45, 2.75) is 17.5 Å². The van der Waals surface area contributed by atoms with Crippen LogP contribution in [0.2, 0.25) is 0 Å². The zero-order chi connectivity index (χ0) is 17.4. The highest BCUT2D eigenvalue weighted by atomic mass is 16.1. The summed E-state index contributed by atoms with van der Waals surface area (Å²) in [5.41, 5.74) is 1.10. The van der Waals surface area contributed by atoms with Gasteiger partial charge in [-0.3, -0.25) is 5.01 Å². The summed E-state index contributed by atoms with van der Waals surface area (Å²) >= 11 is 0. The lowest BCUT2D eigenvalue weighted by Gasteiger charge is -2.33. The first-order valence-corrected chi connectivity index (χ1v) is 8.02. The van der Waals surface area contributed by atoms with E-state index in [1.54, 1.807) is 6.21 Å². The molecule has 120 valence electrons. The highest BCUT2D eigenvalue weighted by Gasteiger charge is 2.62. The maximum Gasteiger partial charge on any atom is 0.237 e. The van der Waals surface area contributed by atoms with Crippen LogP contribution in [0.25, 0.3) is 0 Å². The van der Waals surface area contributed by atoms with Gasteiger partial charge in [0.1, 0.15) is 18.4 Å². The number of carbonyl (C=O) groups is 1. The van der Waals surface area contributed by atoms with Crippen molar-refractivity contribution in [3.05, 3.63) is 71.3 Å². The van der Waals surface area contributed by atoms with E-state index in [0.717, 1.165) is 23.0 Å². The fourth-order valence-electron chi connectivity index (χ4n) is 4.05. The Kier molecular flexibility index (Phi) is 3.37. The minimum atomic E-state index is -1.53. The summed E-state index contributed by atoms with van der Waals surface area (Å²) in [7, 11) is 0. The van der Waals surface area contributed by atoms with Gasteiger partial charge >= 0.3 is 0 Å².